The molecule has 2 atom stereocenters. The van der Waals surface area contributed by atoms with Gasteiger partial charge in [0.05, 0.1) is 15.6 Å². The van der Waals surface area contributed by atoms with Crippen LogP contribution in [0.4, 0.5) is 10.1 Å². The van der Waals surface area contributed by atoms with E-state index in [1.54, 1.807) is 30.3 Å². The number of para-hydroxylation sites is 1. The first-order valence-electron chi connectivity index (χ1n) is 14.7. The van der Waals surface area contributed by atoms with Crippen molar-refractivity contribution in [2.45, 2.75) is 57.1 Å². The molecule has 7 nitrogen and oxygen atoms in total. The maximum atomic E-state index is 14.5. The maximum Gasteiger partial charge on any atom is 0.264 e. The van der Waals surface area contributed by atoms with Gasteiger partial charge in [-0.1, -0.05) is 90.8 Å². The van der Waals surface area contributed by atoms with E-state index in [0.717, 1.165) is 15.4 Å². The summed E-state index contributed by atoms with van der Waals surface area (Å²) in [4.78, 5) is 29.7. The number of sulfonamides is 1. The van der Waals surface area contributed by atoms with E-state index in [1.807, 2.05) is 51.1 Å². The Morgan fingerprint density at radius 3 is 2.11 bits per heavy atom. The van der Waals surface area contributed by atoms with Crippen molar-refractivity contribution < 1.29 is 22.4 Å². The molecule has 4 aromatic rings. The molecule has 1 N–H and O–H groups in total. The first-order chi connectivity index (χ1) is 21.5. The van der Waals surface area contributed by atoms with Crippen LogP contribution in [0.25, 0.3) is 0 Å². The molecule has 0 aliphatic rings. The Morgan fingerprint density at radius 2 is 1.49 bits per heavy atom. The van der Waals surface area contributed by atoms with Gasteiger partial charge in [-0.15, -0.1) is 0 Å². The van der Waals surface area contributed by atoms with E-state index < -0.39 is 34.3 Å². The second-order valence-corrected chi connectivity index (χ2v) is 13.2. The lowest BCUT2D eigenvalue weighted by Crippen LogP contribution is -2.54. The highest BCUT2D eigenvalue weighted by atomic mass is 35.5. The highest BCUT2D eigenvalue weighted by Gasteiger charge is 2.35. The Hall–Kier alpha value is -4.21. The summed E-state index contributed by atoms with van der Waals surface area (Å²) in [6.45, 7) is 4.96. The third kappa shape index (κ3) is 8.71. The Labute approximate surface area is 269 Å². The van der Waals surface area contributed by atoms with Crippen LogP contribution in [0.1, 0.15) is 37.0 Å². The molecule has 0 radical (unpaired) electrons. The summed E-state index contributed by atoms with van der Waals surface area (Å²) in [5.74, 6) is -1.45. The Bertz CT molecular complexity index is 1700. The summed E-state index contributed by atoms with van der Waals surface area (Å²) in [6.07, 6.45) is 0.845. The molecule has 0 bridgehead atoms. The lowest BCUT2D eigenvalue weighted by atomic mass is 10.0. The molecule has 2 amide bonds. The molecular formula is C35H37ClFN3O4S. The molecule has 0 aliphatic heterocycles. The van der Waals surface area contributed by atoms with Crippen molar-refractivity contribution in [1.82, 2.24) is 10.2 Å². The number of hydrogen-bond donors (Lipinski definition) is 1. The fourth-order valence-corrected chi connectivity index (χ4v) is 6.51. The molecule has 0 heterocycles. The van der Waals surface area contributed by atoms with Crippen LogP contribution in [0.5, 0.6) is 0 Å². The quantitative estimate of drug-likeness (QED) is 0.178. The number of aryl methyl sites for hydroxylation is 1. The van der Waals surface area contributed by atoms with E-state index in [0.29, 0.717) is 12.0 Å². The van der Waals surface area contributed by atoms with Crippen LogP contribution in [0.15, 0.2) is 108 Å². The third-order valence-electron chi connectivity index (χ3n) is 7.55. The van der Waals surface area contributed by atoms with Crippen LogP contribution >= 0.6 is 11.6 Å². The number of nitrogens with zero attached hydrogens (tertiary/aromatic N) is 2. The smallest absolute Gasteiger partial charge is 0.264 e. The summed E-state index contributed by atoms with van der Waals surface area (Å²) >= 11 is 6.51. The summed E-state index contributed by atoms with van der Waals surface area (Å²) in [7, 11) is -4.28. The second-order valence-electron chi connectivity index (χ2n) is 10.9. The van der Waals surface area contributed by atoms with Crippen LogP contribution in [-0.4, -0.2) is 43.8 Å². The van der Waals surface area contributed by atoms with Crippen molar-refractivity contribution >= 4 is 39.1 Å². The van der Waals surface area contributed by atoms with Crippen molar-refractivity contribution in [1.29, 1.82) is 0 Å². The first-order valence-corrected chi connectivity index (χ1v) is 16.5. The number of nitrogens with one attached hydrogen (secondary N) is 1. The van der Waals surface area contributed by atoms with Gasteiger partial charge in [-0.05, 0) is 67.8 Å². The van der Waals surface area contributed by atoms with E-state index in [4.69, 9.17) is 11.6 Å². The Kier molecular flexibility index (Phi) is 11.4. The molecule has 0 saturated heterocycles. The standard InChI is InChI=1S/C35H37ClFN3O4S/c1-4-26(3)38-35(42)33(22-27-10-6-5-7-11-27)39(23-28-16-18-29(37)19-17-28)34(41)24-40(32-13-9-8-12-31(32)36)45(43,44)30-20-14-25(2)15-21-30/h5-21,26,33H,4,22-24H2,1-3H3,(H,38,42)/t26-,33-/m1/s1. The largest absolute Gasteiger partial charge is 0.352 e. The van der Waals surface area contributed by atoms with Crippen molar-refractivity contribution in [3.05, 3.63) is 131 Å². The van der Waals surface area contributed by atoms with Gasteiger partial charge in [-0.25, -0.2) is 12.8 Å². The average molecular weight is 650 g/mol. The Morgan fingerprint density at radius 1 is 0.867 bits per heavy atom. The Balaban J connectivity index is 1.81. The van der Waals surface area contributed by atoms with Gasteiger partial charge in [0.1, 0.15) is 18.4 Å². The van der Waals surface area contributed by atoms with Gasteiger partial charge in [0.15, 0.2) is 0 Å². The predicted molar refractivity (Wildman–Crippen MR) is 176 cm³/mol. The zero-order valence-corrected chi connectivity index (χ0v) is 27.1. The summed E-state index contributed by atoms with van der Waals surface area (Å²) in [5.41, 5.74) is 2.38. The minimum Gasteiger partial charge on any atom is -0.352 e. The number of halogens is 2. The number of carbonyl (C=O) groups is 2. The highest BCUT2D eigenvalue weighted by molar-refractivity contribution is 7.92. The number of amides is 2. The van der Waals surface area contributed by atoms with Crippen molar-refractivity contribution in [3.63, 3.8) is 0 Å². The number of carbonyl (C=O) groups excluding carboxylic acids is 2. The molecular weight excluding hydrogens is 613 g/mol. The van der Waals surface area contributed by atoms with E-state index in [-0.39, 0.29) is 40.5 Å². The summed E-state index contributed by atoms with van der Waals surface area (Å²) in [5, 5.41) is 3.13. The number of rotatable bonds is 13. The van der Waals surface area contributed by atoms with Crippen LogP contribution in [-0.2, 0) is 32.6 Å². The van der Waals surface area contributed by atoms with E-state index in [2.05, 4.69) is 5.32 Å². The molecule has 0 fully saturated rings. The molecule has 236 valence electrons. The molecule has 0 saturated carbocycles. The minimum atomic E-state index is -4.28. The third-order valence-corrected chi connectivity index (χ3v) is 9.64. The van der Waals surface area contributed by atoms with Gasteiger partial charge < -0.3 is 10.2 Å². The fraction of sp³-hybridized carbons (Fsp3) is 0.257. The summed E-state index contributed by atoms with van der Waals surface area (Å²) < 4.78 is 43.0. The number of benzene rings is 4. The molecule has 4 rings (SSSR count). The molecule has 4 aromatic carbocycles. The molecule has 0 spiro atoms. The minimum absolute atomic E-state index is 0.0127. The number of hydrogen-bond acceptors (Lipinski definition) is 4. The van der Waals surface area contributed by atoms with Gasteiger partial charge in [-0.3, -0.25) is 13.9 Å². The SMILES string of the molecule is CC[C@@H](C)NC(=O)[C@@H](Cc1ccccc1)N(Cc1ccc(F)cc1)C(=O)CN(c1ccccc1Cl)S(=O)(=O)c1ccc(C)cc1. The molecule has 45 heavy (non-hydrogen) atoms. The van der Waals surface area contributed by atoms with E-state index in [9.17, 15) is 22.4 Å². The predicted octanol–water partition coefficient (Wildman–Crippen LogP) is 6.54. The molecule has 0 unspecified atom stereocenters. The first kappa shape index (κ1) is 33.7. The lowest BCUT2D eigenvalue weighted by Gasteiger charge is -2.34. The summed E-state index contributed by atoms with van der Waals surface area (Å²) in [6, 6.07) is 26.4. The zero-order chi connectivity index (χ0) is 32.6. The van der Waals surface area contributed by atoms with Crippen LogP contribution in [0.3, 0.4) is 0 Å². The van der Waals surface area contributed by atoms with Gasteiger partial charge in [-0.2, -0.15) is 0 Å². The van der Waals surface area contributed by atoms with E-state index >= 15 is 0 Å². The van der Waals surface area contributed by atoms with Crippen molar-refractivity contribution in [3.8, 4) is 0 Å². The topological polar surface area (TPSA) is 86.8 Å². The van der Waals surface area contributed by atoms with E-state index in [1.165, 1.54) is 47.4 Å². The fourth-order valence-electron chi connectivity index (χ4n) is 4.79. The second kappa shape index (κ2) is 15.2. The van der Waals surface area contributed by atoms with Crippen LogP contribution in [0, 0.1) is 12.7 Å². The van der Waals surface area contributed by atoms with Gasteiger partial charge >= 0.3 is 0 Å². The zero-order valence-electron chi connectivity index (χ0n) is 25.5. The van der Waals surface area contributed by atoms with Crippen LogP contribution < -0.4 is 9.62 Å². The molecule has 0 aliphatic carbocycles. The monoisotopic (exact) mass is 649 g/mol. The number of anilines is 1. The van der Waals surface area contributed by atoms with Gasteiger partial charge in [0.2, 0.25) is 11.8 Å². The van der Waals surface area contributed by atoms with Crippen LogP contribution in [0.2, 0.25) is 5.02 Å². The average Bonchev–Trinajstić information content (AvgIpc) is 3.03. The van der Waals surface area contributed by atoms with Crippen molar-refractivity contribution in [2.24, 2.45) is 0 Å². The maximum absolute atomic E-state index is 14.5. The van der Waals surface area contributed by atoms with Gasteiger partial charge in [0, 0.05) is 19.0 Å². The lowest BCUT2D eigenvalue weighted by molar-refractivity contribution is -0.140. The van der Waals surface area contributed by atoms with Gasteiger partial charge in [0.25, 0.3) is 10.0 Å². The normalized spacial score (nSPS) is 12.6. The molecule has 10 heteroatoms. The van der Waals surface area contributed by atoms with Crippen molar-refractivity contribution in [2.75, 3.05) is 10.8 Å². The highest BCUT2D eigenvalue weighted by Crippen LogP contribution is 2.31. The molecule has 0 aromatic heterocycles.